The molecule has 9 nitrogen and oxygen atoms in total. The van der Waals surface area contributed by atoms with E-state index >= 15 is 0 Å². The molecule has 164 valence electrons. The minimum absolute atomic E-state index is 0.0502. The number of rotatable bonds is 1. The fourth-order valence-electron chi connectivity index (χ4n) is 2.83. The molecule has 0 aliphatic carbocycles. The van der Waals surface area contributed by atoms with Crippen molar-refractivity contribution in [2.75, 3.05) is 33.0 Å². The van der Waals surface area contributed by atoms with E-state index in [1.807, 2.05) is 0 Å². The number of fused-ring (bicyclic) bond motifs is 4. The number of aromatic hydroxyl groups is 2. The van der Waals surface area contributed by atoms with E-state index < -0.39 is 12.0 Å². The van der Waals surface area contributed by atoms with Crippen LogP contribution in [0.25, 0.3) is 0 Å². The molecule has 9 heteroatoms. The summed E-state index contributed by atoms with van der Waals surface area (Å²) >= 11 is 0. The number of carbonyl (C=O) groups is 1. The Balaban J connectivity index is 1.81. The summed E-state index contributed by atoms with van der Waals surface area (Å²) in [5.74, 6) is -0.730. The maximum Gasteiger partial charge on any atom is 0.328 e. The predicted molar refractivity (Wildman–Crippen MR) is 114 cm³/mol. The summed E-state index contributed by atoms with van der Waals surface area (Å²) in [7, 11) is 0. The Morgan fingerprint density at radius 3 is 2.03 bits per heavy atom. The van der Waals surface area contributed by atoms with E-state index in [2.05, 4.69) is 9.98 Å². The van der Waals surface area contributed by atoms with Crippen molar-refractivity contribution in [3.63, 3.8) is 0 Å². The van der Waals surface area contributed by atoms with Crippen LogP contribution >= 0.6 is 0 Å². The van der Waals surface area contributed by atoms with E-state index in [0.29, 0.717) is 16.9 Å². The monoisotopic (exact) mass is 428 g/mol. The van der Waals surface area contributed by atoms with Crippen molar-refractivity contribution in [1.29, 1.82) is 0 Å². The first kappa shape index (κ1) is 22.1. The van der Waals surface area contributed by atoms with Crippen LogP contribution in [0.4, 0.5) is 0 Å². The van der Waals surface area contributed by atoms with Gasteiger partial charge in [-0.1, -0.05) is 12.1 Å². The Kier molecular flexibility index (Phi) is 7.83. The molecule has 1 unspecified atom stereocenters. The number of ether oxygens (including phenoxy) is 3. The van der Waals surface area contributed by atoms with Crippen molar-refractivity contribution < 1.29 is 34.3 Å². The molecule has 0 aromatic heterocycles. The first-order chi connectivity index (χ1) is 15.1. The largest absolute Gasteiger partial charge is 0.504 e. The van der Waals surface area contributed by atoms with Crippen molar-refractivity contribution in [2.24, 2.45) is 9.98 Å². The minimum atomic E-state index is -1.10. The van der Waals surface area contributed by atoms with Crippen molar-refractivity contribution in [3.05, 3.63) is 47.5 Å². The molecule has 0 spiro atoms. The average molecular weight is 428 g/mol. The van der Waals surface area contributed by atoms with Gasteiger partial charge in [-0.25, -0.2) is 4.79 Å². The van der Waals surface area contributed by atoms with Gasteiger partial charge in [0, 0.05) is 30.1 Å². The lowest BCUT2D eigenvalue weighted by Gasteiger charge is -2.12. The minimum Gasteiger partial charge on any atom is -0.504 e. The topological polar surface area (TPSA) is 130 Å². The molecule has 31 heavy (non-hydrogen) atoms. The zero-order valence-corrected chi connectivity index (χ0v) is 16.8. The Hall–Kier alpha value is -3.59. The van der Waals surface area contributed by atoms with E-state index in [1.54, 1.807) is 36.4 Å². The standard InChI is InChI=1S/C22H24N2O7/c25-20-15-3-1-5-18(20)30-11-9-29-10-12-31-19-6-2-4-16(21(19)26)14-24-17(22(27)28)7-8-23-13-15/h1-6,13-14,17,25-26H,7-12H2,(H,27,28). The van der Waals surface area contributed by atoms with E-state index in [4.69, 9.17) is 14.2 Å². The Morgan fingerprint density at radius 2 is 1.45 bits per heavy atom. The van der Waals surface area contributed by atoms with Crippen LogP contribution in [0.1, 0.15) is 17.5 Å². The molecule has 1 heterocycles. The number of hydrogen-bond acceptors (Lipinski definition) is 8. The molecule has 1 atom stereocenters. The van der Waals surface area contributed by atoms with Gasteiger partial charge in [0.25, 0.3) is 0 Å². The highest BCUT2D eigenvalue weighted by Gasteiger charge is 2.15. The number of benzene rings is 2. The van der Waals surface area contributed by atoms with E-state index in [0.717, 1.165) is 0 Å². The van der Waals surface area contributed by atoms with E-state index in [-0.39, 0.29) is 56.6 Å². The third-order valence-electron chi connectivity index (χ3n) is 4.47. The van der Waals surface area contributed by atoms with Gasteiger partial charge in [0.1, 0.15) is 19.3 Å². The lowest BCUT2D eigenvalue weighted by molar-refractivity contribution is -0.138. The van der Waals surface area contributed by atoms with Gasteiger partial charge < -0.3 is 29.5 Å². The number of phenols is 2. The third kappa shape index (κ3) is 6.19. The normalized spacial score (nSPS) is 17.9. The van der Waals surface area contributed by atoms with Gasteiger partial charge in [-0.05, 0) is 30.7 Å². The van der Waals surface area contributed by atoms with Crippen LogP contribution in [-0.4, -0.2) is 72.7 Å². The number of aliphatic imine (C=N–C) groups is 2. The Bertz CT molecular complexity index is 959. The molecule has 3 rings (SSSR count). The zero-order valence-electron chi connectivity index (χ0n) is 16.8. The van der Waals surface area contributed by atoms with Gasteiger partial charge in [0.2, 0.25) is 0 Å². The summed E-state index contributed by atoms with van der Waals surface area (Å²) in [4.78, 5) is 19.8. The van der Waals surface area contributed by atoms with Crippen LogP contribution in [0.3, 0.4) is 0 Å². The quantitative estimate of drug-likeness (QED) is 0.635. The highest BCUT2D eigenvalue weighted by molar-refractivity contribution is 5.87. The average Bonchev–Trinajstić information content (AvgIpc) is 2.75. The van der Waals surface area contributed by atoms with Crippen LogP contribution in [0.5, 0.6) is 23.0 Å². The number of para-hydroxylation sites is 2. The number of phenolic OH excluding ortho intramolecular Hbond substituents is 2. The number of hydrogen-bond donors (Lipinski definition) is 3. The van der Waals surface area contributed by atoms with Crippen LogP contribution in [0, 0.1) is 0 Å². The predicted octanol–water partition coefficient (Wildman–Crippen LogP) is 2.27. The Labute approximate surface area is 179 Å². The second-order valence-electron chi connectivity index (χ2n) is 6.65. The van der Waals surface area contributed by atoms with Crippen molar-refractivity contribution >= 4 is 18.4 Å². The molecular formula is C22H24N2O7. The summed E-state index contributed by atoms with van der Waals surface area (Å²) in [5.41, 5.74) is 0.802. The highest BCUT2D eigenvalue weighted by Crippen LogP contribution is 2.29. The molecule has 3 N–H and O–H groups in total. The first-order valence-corrected chi connectivity index (χ1v) is 9.79. The molecule has 0 saturated carbocycles. The molecular weight excluding hydrogens is 404 g/mol. The van der Waals surface area contributed by atoms with Crippen LogP contribution in [-0.2, 0) is 9.53 Å². The summed E-state index contributed by atoms with van der Waals surface area (Å²) in [6.07, 6.45) is 2.92. The summed E-state index contributed by atoms with van der Waals surface area (Å²) in [6, 6.07) is 8.88. The number of carboxylic acid groups (broad SMARTS) is 1. The Morgan fingerprint density at radius 1 is 0.871 bits per heavy atom. The summed E-state index contributed by atoms with van der Waals surface area (Å²) in [5, 5.41) is 30.1. The molecule has 4 bridgehead atoms. The maximum atomic E-state index is 11.5. The molecule has 0 fully saturated rings. The van der Waals surface area contributed by atoms with Gasteiger partial charge in [0.05, 0.1) is 13.2 Å². The van der Waals surface area contributed by atoms with E-state index in [1.165, 1.54) is 12.4 Å². The van der Waals surface area contributed by atoms with Crippen molar-refractivity contribution in [3.8, 4) is 23.0 Å². The van der Waals surface area contributed by atoms with Gasteiger partial charge in [0.15, 0.2) is 23.0 Å². The number of carboxylic acids is 1. The SMILES string of the molecule is O=C(O)C1CCN=Cc2cccc(c2O)OCCOCCOc2cccc(c2O)C=N1. The van der Waals surface area contributed by atoms with Crippen LogP contribution in [0.15, 0.2) is 46.4 Å². The van der Waals surface area contributed by atoms with Crippen LogP contribution < -0.4 is 9.47 Å². The smallest absolute Gasteiger partial charge is 0.328 e. The van der Waals surface area contributed by atoms with Gasteiger partial charge in [-0.3, -0.25) is 9.98 Å². The molecule has 0 radical (unpaired) electrons. The molecule has 0 saturated heterocycles. The summed E-state index contributed by atoms with van der Waals surface area (Å²) < 4.78 is 16.5. The molecule has 1 aliphatic rings. The van der Waals surface area contributed by atoms with Gasteiger partial charge in [-0.2, -0.15) is 0 Å². The molecule has 2 aromatic carbocycles. The lowest BCUT2D eigenvalue weighted by Crippen LogP contribution is -2.19. The lowest BCUT2D eigenvalue weighted by atomic mass is 10.2. The maximum absolute atomic E-state index is 11.5. The van der Waals surface area contributed by atoms with Gasteiger partial charge >= 0.3 is 5.97 Å². The molecule has 2 aromatic rings. The van der Waals surface area contributed by atoms with Gasteiger partial charge in [-0.15, -0.1) is 0 Å². The highest BCUT2D eigenvalue weighted by atomic mass is 16.5. The molecule has 1 aliphatic heterocycles. The fourth-order valence-corrected chi connectivity index (χ4v) is 2.83. The van der Waals surface area contributed by atoms with Crippen molar-refractivity contribution in [2.45, 2.75) is 12.5 Å². The fraction of sp³-hybridized carbons (Fsp3) is 0.318. The van der Waals surface area contributed by atoms with Crippen LogP contribution in [0.2, 0.25) is 0 Å². The first-order valence-electron chi connectivity index (χ1n) is 9.79. The summed E-state index contributed by atoms with van der Waals surface area (Å²) in [6.45, 7) is 1.16. The third-order valence-corrected chi connectivity index (χ3v) is 4.47. The molecule has 0 amide bonds. The van der Waals surface area contributed by atoms with E-state index in [9.17, 15) is 20.1 Å². The second kappa shape index (κ2) is 11.0. The second-order valence-corrected chi connectivity index (χ2v) is 6.65. The number of nitrogens with zero attached hydrogens (tertiary/aromatic N) is 2. The number of aliphatic carboxylic acids is 1. The van der Waals surface area contributed by atoms with Crippen molar-refractivity contribution in [1.82, 2.24) is 0 Å². The zero-order chi connectivity index (χ0) is 22.1.